The van der Waals surface area contributed by atoms with Gasteiger partial charge in [0.1, 0.15) is 8.64 Å². The van der Waals surface area contributed by atoms with E-state index in [1.165, 1.54) is 323 Å². The second-order valence-electron chi connectivity index (χ2n) is 29.6. The Balaban J connectivity index is 0.962. The monoisotopic (exact) mass is 1630 g/mol. The first-order chi connectivity index (χ1) is 51.4. The Morgan fingerprint density at radius 3 is 0.905 bits per heavy atom. The summed E-state index contributed by atoms with van der Waals surface area (Å²) in [4.78, 5) is 54.4. The van der Waals surface area contributed by atoms with E-state index in [1.807, 2.05) is 59.2 Å². The highest BCUT2D eigenvalue weighted by Gasteiger charge is 2.46. The molecule has 566 valence electrons. The second kappa shape index (κ2) is 42.0. The summed E-state index contributed by atoms with van der Waals surface area (Å²) in [7, 11) is 0. The van der Waals surface area contributed by atoms with Gasteiger partial charge in [-0.1, -0.05) is 269 Å². The van der Waals surface area contributed by atoms with Crippen LogP contribution in [0.25, 0.3) is 80.4 Å². The normalized spacial score (nSPS) is 15.1. The molecule has 105 heavy (non-hydrogen) atoms. The quantitative estimate of drug-likeness (QED) is 0.0215. The van der Waals surface area contributed by atoms with Crippen LogP contribution < -0.4 is 0 Å². The van der Waals surface area contributed by atoms with E-state index in [2.05, 4.69) is 160 Å². The molecule has 10 heterocycles. The van der Waals surface area contributed by atoms with Gasteiger partial charge >= 0.3 is 0 Å². The molecule has 8 aromatic rings. The van der Waals surface area contributed by atoms with Crippen LogP contribution in [-0.2, 0) is 40.7 Å². The molecule has 2 saturated heterocycles. The number of rotatable bonds is 48. The van der Waals surface area contributed by atoms with Gasteiger partial charge in [-0.25, -0.2) is 0 Å². The molecule has 3 aliphatic rings. The Kier molecular flexibility index (Phi) is 33.1. The van der Waals surface area contributed by atoms with Crippen LogP contribution >= 0.6 is 139 Å². The third-order valence-corrected chi connectivity index (χ3v) is 34.7. The van der Waals surface area contributed by atoms with Gasteiger partial charge in [-0.3, -0.25) is 19.4 Å². The van der Waals surface area contributed by atoms with E-state index < -0.39 is 0 Å². The van der Waals surface area contributed by atoms with Crippen LogP contribution in [0.15, 0.2) is 70.5 Å². The van der Waals surface area contributed by atoms with Gasteiger partial charge in [0.25, 0.3) is 11.8 Å². The summed E-state index contributed by atoms with van der Waals surface area (Å²) in [6, 6.07) is 25.3. The molecule has 16 heteroatoms. The molecule has 8 aromatic heterocycles. The van der Waals surface area contributed by atoms with Gasteiger partial charge in [-0.05, 0) is 184 Å². The topological polar surface area (TPSA) is 40.6 Å². The van der Waals surface area contributed by atoms with Crippen LogP contribution in [0.5, 0.6) is 0 Å². The number of thiocarbonyl (C=S) groups is 2. The number of unbranched alkanes of at least 4 members (excludes halogenated alkanes) is 26. The number of hydrogen-bond acceptors (Lipinski definition) is 14. The molecule has 2 amide bonds. The summed E-state index contributed by atoms with van der Waals surface area (Å²) in [6.45, 7) is 19.2. The average Bonchev–Trinajstić information content (AvgIpc) is 1.54. The maximum Gasteiger partial charge on any atom is 0.266 e. The Labute approximate surface area is 683 Å². The lowest BCUT2D eigenvalue weighted by Gasteiger charge is -2.31. The summed E-state index contributed by atoms with van der Waals surface area (Å²) < 4.78 is 1.33. The summed E-state index contributed by atoms with van der Waals surface area (Å²) >= 11 is 30.3. The molecule has 2 aliphatic heterocycles. The molecular formula is C89H116N2O2S12. The molecule has 0 atom stereocenters. The summed E-state index contributed by atoms with van der Waals surface area (Å²) in [5.74, 6) is 0.0777. The van der Waals surface area contributed by atoms with Crippen molar-refractivity contribution in [2.75, 3.05) is 13.1 Å². The van der Waals surface area contributed by atoms with E-state index in [0.29, 0.717) is 21.7 Å². The molecule has 0 saturated carbocycles. The fraction of sp³-hybridized carbons (Fsp3) is 0.551. The van der Waals surface area contributed by atoms with Crippen LogP contribution in [0.1, 0.15) is 317 Å². The molecule has 0 spiro atoms. The maximum absolute atomic E-state index is 13.5. The van der Waals surface area contributed by atoms with Crippen molar-refractivity contribution in [2.24, 2.45) is 0 Å². The molecule has 11 rings (SSSR count). The minimum absolute atomic E-state index is 0.00869. The van der Waals surface area contributed by atoms with Gasteiger partial charge in [-0.15, -0.1) is 90.7 Å². The number of aryl methyl sites for hydroxylation is 4. The third kappa shape index (κ3) is 21.0. The van der Waals surface area contributed by atoms with Gasteiger partial charge < -0.3 is 0 Å². The molecule has 0 unspecified atom stereocenters. The highest BCUT2D eigenvalue weighted by Crippen LogP contribution is 2.63. The van der Waals surface area contributed by atoms with Crippen molar-refractivity contribution in [3.05, 3.63) is 114 Å². The number of fused-ring (bicyclic) bond motifs is 3. The molecule has 0 aromatic carbocycles. The first-order valence-corrected chi connectivity index (χ1v) is 49.9. The van der Waals surface area contributed by atoms with Crippen molar-refractivity contribution in [3.8, 4) is 68.3 Å². The SMILES string of the molecule is CCCCCCCCc1cc(/C=C2\SC(=S)N(CC)C2=O)sc1-c1ccc(-c2sc(-c3cc4c(s3)-c3sc(-c5cc(CCCCCCCC)c(-c6ccc(-c7sc(/C=C8\SC(=S)N(CC)C8=O)cc7CCCCCCCC)s6)s5)cc3C4(CCCCCC)CCCCCC)cc2CCCCCCCC)s1. The lowest BCUT2D eigenvalue weighted by atomic mass is 9.71. The highest BCUT2D eigenvalue weighted by molar-refractivity contribution is 8.27. The van der Waals surface area contributed by atoms with E-state index in [1.54, 1.807) is 30.7 Å². The van der Waals surface area contributed by atoms with E-state index in [0.717, 1.165) is 45.2 Å². The smallest absolute Gasteiger partial charge is 0.266 e. The predicted octanol–water partition coefficient (Wildman–Crippen LogP) is 32.4. The summed E-state index contributed by atoms with van der Waals surface area (Å²) in [5.41, 5.74) is 9.13. The Morgan fingerprint density at radius 2 is 0.590 bits per heavy atom. The van der Waals surface area contributed by atoms with Crippen LogP contribution in [0.2, 0.25) is 0 Å². The van der Waals surface area contributed by atoms with Crippen LogP contribution in [0.3, 0.4) is 0 Å². The molecular weight excluding hydrogens is 1510 g/mol. The molecule has 0 radical (unpaired) electrons. The number of likely N-dealkylation sites (N-methyl/N-ethyl adjacent to an activating group) is 2. The zero-order valence-electron chi connectivity index (χ0n) is 64.3. The van der Waals surface area contributed by atoms with Gasteiger partial charge in [0, 0.05) is 96.5 Å². The average molecular weight is 1630 g/mol. The molecule has 4 nitrogen and oxygen atoms in total. The van der Waals surface area contributed by atoms with Crippen molar-refractivity contribution in [1.82, 2.24) is 9.80 Å². The first-order valence-electron chi connectivity index (χ1n) is 40.9. The molecule has 0 bridgehead atoms. The summed E-state index contributed by atoms with van der Waals surface area (Å²) in [5, 5.41) is 0. The number of thioether (sulfide) groups is 2. The first kappa shape index (κ1) is 82.9. The zero-order chi connectivity index (χ0) is 73.7. The summed E-state index contributed by atoms with van der Waals surface area (Å²) in [6.07, 6.45) is 51.9. The number of amides is 2. The van der Waals surface area contributed by atoms with Crippen molar-refractivity contribution in [1.29, 1.82) is 0 Å². The van der Waals surface area contributed by atoms with Gasteiger partial charge in [0.15, 0.2) is 0 Å². The number of carbonyl (C=O) groups is 2. The molecule has 0 N–H and O–H groups in total. The van der Waals surface area contributed by atoms with E-state index in [4.69, 9.17) is 24.4 Å². The zero-order valence-corrected chi connectivity index (χ0v) is 74.1. The number of hydrogen-bond donors (Lipinski definition) is 0. The largest absolute Gasteiger partial charge is 0.293 e. The van der Waals surface area contributed by atoms with Crippen LogP contribution in [-0.4, -0.2) is 43.3 Å². The van der Waals surface area contributed by atoms with Crippen molar-refractivity contribution in [3.63, 3.8) is 0 Å². The van der Waals surface area contributed by atoms with Crippen LogP contribution in [0.4, 0.5) is 0 Å². The Bertz CT molecular complexity index is 3930. The van der Waals surface area contributed by atoms with Crippen molar-refractivity contribution < 1.29 is 9.59 Å². The molecule has 2 fully saturated rings. The van der Waals surface area contributed by atoms with Gasteiger partial charge in [0.2, 0.25) is 0 Å². The van der Waals surface area contributed by atoms with E-state index in [9.17, 15) is 9.59 Å². The Hall–Kier alpha value is -3.10. The lowest BCUT2D eigenvalue weighted by Crippen LogP contribution is -2.27. The van der Waals surface area contributed by atoms with E-state index in [-0.39, 0.29) is 17.2 Å². The minimum Gasteiger partial charge on any atom is -0.293 e. The van der Waals surface area contributed by atoms with Crippen molar-refractivity contribution >= 4 is 171 Å². The van der Waals surface area contributed by atoms with Crippen LogP contribution in [0, 0.1) is 0 Å². The van der Waals surface area contributed by atoms with Gasteiger partial charge in [0.05, 0.1) is 9.81 Å². The number of nitrogens with zero attached hydrogens (tertiary/aromatic N) is 2. The standard InChI is InChI=1S/C89H116N2O2S12/c1-9-17-23-29-33-37-43-61-53-65(57-77-85(92)90(15-7)87(94)104-77)96-79(61)69-47-49-71(98-69)81-63(45-39-35-31-25-19-11-3)55-73(100-81)75-59-67-83(102-75)84-68(89(67,51-41-27-21-13-5)52-42-28-22-14-6)60-76(103-84)74-56-64(46-40-36-32-26-20-12-4)82(101-74)72-50-48-70(99-72)80-62(44-38-34-30-24-18-10-2)54-66(97-80)58-78-86(93)91(16-8)88(95)105-78/h47-50,53-60H,9-46,51-52H2,1-8H3/b77-57-,78-58-. The fourth-order valence-corrected chi connectivity index (χ4v) is 28.7. The third-order valence-electron chi connectivity index (χ3n) is 21.6. The lowest BCUT2D eigenvalue weighted by molar-refractivity contribution is -0.122. The molecule has 1 aliphatic carbocycles. The minimum atomic E-state index is -0.00869. The fourth-order valence-electron chi connectivity index (χ4n) is 15.7. The number of carbonyl (C=O) groups excluding carboxylic acids is 2. The van der Waals surface area contributed by atoms with Gasteiger partial charge in [-0.2, -0.15) is 0 Å². The van der Waals surface area contributed by atoms with Crippen molar-refractivity contribution in [2.45, 2.75) is 305 Å². The van der Waals surface area contributed by atoms with E-state index >= 15 is 0 Å². The second-order valence-corrected chi connectivity index (χ2v) is 41.5. The highest BCUT2D eigenvalue weighted by atomic mass is 32.2. The predicted molar refractivity (Wildman–Crippen MR) is 485 cm³/mol. The Morgan fingerprint density at radius 1 is 0.314 bits per heavy atom. The number of thiophene rings is 8. The maximum atomic E-state index is 13.5.